The van der Waals surface area contributed by atoms with Gasteiger partial charge in [-0.2, -0.15) is 5.10 Å². The highest BCUT2D eigenvalue weighted by Crippen LogP contribution is 2.27. The van der Waals surface area contributed by atoms with Crippen LogP contribution in [0.5, 0.6) is 0 Å². The molecule has 1 N–H and O–H groups in total. The third kappa shape index (κ3) is 3.33. The number of amidine groups is 1. The number of hydrogen-bond acceptors (Lipinski definition) is 4. The second kappa shape index (κ2) is 6.32. The Morgan fingerprint density at radius 2 is 2.26 bits per heavy atom. The van der Waals surface area contributed by atoms with Crippen molar-refractivity contribution in [2.45, 2.75) is 58.2 Å². The number of nitrogens with zero attached hydrogens (tertiary/aromatic N) is 3. The first kappa shape index (κ1) is 15.3. The average Bonchev–Trinajstić information content (AvgIpc) is 3.13. The maximum atomic E-state index is 5.80. The van der Waals surface area contributed by atoms with Gasteiger partial charge in [0, 0.05) is 35.9 Å². The van der Waals surface area contributed by atoms with Gasteiger partial charge in [-0.1, -0.05) is 11.8 Å². The number of nitrogens with one attached hydrogen (secondary N) is 1. The number of aliphatic imine (C=N–C) groups is 1. The van der Waals surface area contributed by atoms with E-state index in [1.54, 1.807) is 11.8 Å². The molecule has 0 aromatic carbocycles. The zero-order chi connectivity index (χ0) is 15.8. The normalized spacial score (nSPS) is 26.4. The summed E-state index contributed by atoms with van der Waals surface area (Å²) in [5.41, 5.74) is 8.10. The van der Waals surface area contributed by atoms with E-state index in [1.165, 1.54) is 42.6 Å². The lowest BCUT2D eigenvalue weighted by Crippen LogP contribution is -2.26. The summed E-state index contributed by atoms with van der Waals surface area (Å²) in [5.74, 6) is 0.892. The minimum Gasteiger partial charge on any atom is -0.376 e. The standard InChI is InChI=1S/C17H24N4OS/c1-11-8-15(12(2)21(11)9-14-4-3-7-22-14)16-10-23-17(20-19-16)18-13-5-6-13/h8,13-14H,3-7,9-10H2,1-2H3,(H,18,20)/t14-/m1/s1. The summed E-state index contributed by atoms with van der Waals surface area (Å²) in [4.78, 5) is 4.63. The molecule has 1 aromatic heterocycles. The lowest BCUT2D eigenvalue weighted by molar-refractivity contribution is 0.0962. The zero-order valence-electron chi connectivity index (χ0n) is 13.8. The van der Waals surface area contributed by atoms with Crippen molar-refractivity contribution in [3.63, 3.8) is 0 Å². The molecule has 2 fully saturated rings. The van der Waals surface area contributed by atoms with Gasteiger partial charge in [0.2, 0.25) is 0 Å². The molecular weight excluding hydrogens is 308 g/mol. The highest BCUT2D eigenvalue weighted by atomic mass is 32.2. The predicted molar refractivity (Wildman–Crippen MR) is 95.5 cm³/mol. The van der Waals surface area contributed by atoms with E-state index in [9.17, 15) is 0 Å². The zero-order valence-corrected chi connectivity index (χ0v) is 14.7. The Morgan fingerprint density at radius 1 is 1.39 bits per heavy atom. The van der Waals surface area contributed by atoms with Crippen molar-refractivity contribution in [3.8, 4) is 0 Å². The second-order valence-electron chi connectivity index (χ2n) is 6.65. The van der Waals surface area contributed by atoms with Crippen LogP contribution in [0.1, 0.15) is 42.6 Å². The predicted octanol–water partition coefficient (Wildman–Crippen LogP) is 2.84. The minimum atomic E-state index is 0.366. The van der Waals surface area contributed by atoms with Gasteiger partial charge >= 0.3 is 0 Å². The van der Waals surface area contributed by atoms with E-state index < -0.39 is 0 Å². The van der Waals surface area contributed by atoms with E-state index in [4.69, 9.17) is 4.74 Å². The van der Waals surface area contributed by atoms with Crippen LogP contribution in [0.2, 0.25) is 0 Å². The number of ether oxygens (including phenoxy) is 1. The number of aromatic nitrogens is 1. The first-order chi connectivity index (χ1) is 11.2. The maximum Gasteiger partial charge on any atom is 0.177 e. The Hall–Kier alpha value is -1.27. The van der Waals surface area contributed by atoms with Gasteiger partial charge in [-0.25, -0.2) is 0 Å². The van der Waals surface area contributed by atoms with Crippen LogP contribution in [0.3, 0.4) is 0 Å². The van der Waals surface area contributed by atoms with E-state index in [1.807, 2.05) is 0 Å². The van der Waals surface area contributed by atoms with Gasteiger partial charge in [-0.15, -0.1) is 0 Å². The number of thioether (sulfide) groups is 1. The molecule has 1 saturated heterocycles. The van der Waals surface area contributed by atoms with Crippen LogP contribution in [-0.4, -0.2) is 40.0 Å². The number of aryl methyl sites for hydroxylation is 1. The van der Waals surface area contributed by atoms with Crippen LogP contribution in [0, 0.1) is 13.8 Å². The molecule has 0 unspecified atom stereocenters. The van der Waals surface area contributed by atoms with Gasteiger partial charge in [0.05, 0.1) is 17.9 Å². The fraction of sp³-hybridized carbons (Fsp3) is 0.647. The van der Waals surface area contributed by atoms with Crippen molar-refractivity contribution in [2.75, 3.05) is 12.4 Å². The van der Waals surface area contributed by atoms with Crippen molar-refractivity contribution in [2.24, 2.45) is 10.1 Å². The largest absolute Gasteiger partial charge is 0.376 e. The van der Waals surface area contributed by atoms with E-state index in [0.29, 0.717) is 12.1 Å². The fourth-order valence-corrected chi connectivity index (χ4v) is 4.08. The van der Waals surface area contributed by atoms with Crippen molar-refractivity contribution < 1.29 is 4.74 Å². The monoisotopic (exact) mass is 332 g/mol. The van der Waals surface area contributed by atoms with E-state index in [2.05, 4.69) is 40.0 Å². The van der Waals surface area contributed by atoms with Crippen LogP contribution in [0.15, 0.2) is 16.2 Å². The van der Waals surface area contributed by atoms with Crippen molar-refractivity contribution >= 4 is 22.6 Å². The first-order valence-corrected chi connectivity index (χ1v) is 9.51. The highest BCUT2D eigenvalue weighted by Gasteiger charge is 2.24. The van der Waals surface area contributed by atoms with Crippen molar-refractivity contribution in [3.05, 3.63) is 23.0 Å². The Balaban J connectivity index is 1.51. The molecule has 3 aliphatic rings. The maximum absolute atomic E-state index is 5.80. The summed E-state index contributed by atoms with van der Waals surface area (Å²) in [5, 5.41) is 5.56. The average molecular weight is 332 g/mol. The van der Waals surface area contributed by atoms with Gasteiger partial charge in [-0.05, 0) is 45.6 Å². The summed E-state index contributed by atoms with van der Waals surface area (Å²) in [6, 6.07) is 2.80. The lowest BCUT2D eigenvalue weighted by Gasteiger charge is -2.17. The van der Waals surface area contributed by atoms with Crippen molar-refractivity contribution in [1.29, 1.82) is 0 Å². The molecule has 4 rings (SSSR count). The molecule has 1 saturated carbocycles. The summed E-state index contributed by atoms with van der Waals surface area (Å²) in [6.07, 6.45) is 5.18. The van der Waals surface area contributed by atoms with Crippen LogP contribution in [-0.2, 0) is 11.3 Å². The molecule has 0 radical (unpaired) electrons. The van der Waals surface area contributed by atoms with Crippen LogP contribution in [0.25, 0.3) is 0 Å². The van der Waals surface area contributed by atoms with E-state index in [0.717, 1.165) is 29.8 Å². The SMILES string of the molecule is Cc1cc(C2=NNC(=NC3CC3)SC2)c(C)n1C[C@H]1CCCO1. The van der Waals surface area contributed by atoms with Gasteiger partial charge in [0.1, 0.15) is 0 Å². The van der Waals surface area contributed by atoms with E-state index in [-0.39, 0.29) is 0 Å². The lowest BCUT2D eigenvalue weighted by atomic mass is 10.1. The highest BCUT2D eigenvalue weighted by molar-refractivity contribution is 8.14. The van der Waals surface area contributed by atoms with Crippen LogP contribution < -0.4 is 5.43 Å². The third-order valence-corrected chi connectivity index (χ3v) is 5.66. The molecule has 23 heavy (non-hydrogen) atoms. The molecule has 124 valence electrons. The summed E-state index contributed by atoms with van der Waals surface area (Å²) < 4.78 is 8.18. The molecule has 6 heteroatoms. The molecule has 0 spiro atoms. The van der Waals surface area contributed by atoms with Gasteiger partial charge in [0.25, 0.3) is 0 Å². The Kier molecular flexibility index (Phi) is 4.20. The Labute approximate surface area is 141 Å². The van der Waals surface area contributed by atoms with Gasteiger partial charge in [-0.3, -0.25) is 10.4 Å². The summed E-state index contributed by atoms with van der Waals surface area (Å²) in [6.45, 7) is 6.24. The second-order valence-corrected chi connectivity index (χ2v) is 7.62. The van der Waals surface area contributed by atoms with Crippen molar-refractivity contribution in [1.82, 2.24) is 9.99 Å². The van der Waals surface area contributed by atoms with E-state index >= 15 is 0 Å². The molecular formula is C17H24N4OS. The smallest absolute Gasteiger partial charge is 0.177 e. The van der Waals surface area contributed by atoms with Gasteiger partial charge in [0.15, 0.2) is 5.17 Å². The van der Waals surface area contributed by atoms with Gasteiger partial charge < -0.3 is 9.30 Å². The molecule has 3 heterocycles. The first-order valence-electron chi connectivity index (χ1n) is 8.52. The topological polar surface area (TPSA) is 50.9 Å². The molecule has 0 bridgehead atoms. The number of hydrazone groups is 1. The Morgan fingerprint density at radius 3 is 2.91 bits per heavy atom. The summed E-state index contributed by atoms with van der Waals surface area (Å²) in [7, 11) is 0. The summed E-state index contributed by atoms with van der Waals surface area (Å²) >= 11 is 1.77. The third-order valence-electron chi connectivity index (χ3n) is 4.77. The fourth-order valence-electron chi connectivity index (χ4n) is 3.26. The molecule has 1 atom stereocenters. The molecule has 5 nitrogen and oxygen atoms in total. The number of rotatable bonds is 4. The Bertz CT molecular complexity index is 654. The molecule has 1 aromatic rings. The quantitative estimate of drug-likeness (QED) is 0.922. The minimum absolute atomic E-state index is 0.366. The van der Waals surface area contributed by atoms with Crippen LogP contribution >= 0.6 is 11.8 Å². The molecule has 0 amide bonds. The number of hydrogen-bond donors (Lipinski definition) is 1. The van der Waals surface area contributed by atoms with Crippen LogP contribution in [0.4, 0.5) is 0 Å². The molecule has 1 aliphatic carbocycles. The molecule has 2 aliphatic heterocycles.